The number of carbonyl (C=O) groups excluding carboxylic acids is 1. The fourth-order valence-corrected chi connectivity index (χ4v) is 4.14. The van der Waals surface area contributed by atoms with Crippen molar-refractivity contribution in [2.24, 2.45) is 0 Å². The zero-order valence-electron chi connectivity index (χ0n) is 18.3. The van der Waals surface area contributed by atoms with E-state index in [2.05, 4.69) is 5.32 Å². The molecule has 31 heavy (non-hydrogen) atoms. The molecule has 0 spiro atoms. The van der Waals surface area contributed by atoms with Crippen molar-refractivity contribution >= 4 is 28.4 Å². The molecule has 3 aromatic rings. The molecule has 1 aliphatic rings. The first kappa shape index (κ1) is 21.2. The predicted molar refractivity (Wildman–Crippen MR) is 117 cm³/mol. The number of rotatable bonds is 5. The lowest BCUT2D eigenvalue weighted by molar-refractivity contribution is -0.906. The van der Waals surface area contributed by atoms with E-state index in [1.807, 2.05) is 32.9 Å². The highest BCUT2D eigenvalue weighted by molar-refractivity contribution is 6.00. The molecule has 0 bridgehead atoms. The summed E-state index contributed by atoms with van der Waals surface area (Å²) in [4.78, 5) is 32.4. The van der Waals surface area contributed by atoms with Gasteiger partial charge in [0, 0.05) is 11.8 Å². The van der Waals surface area contributed by atoms with Gasteiger partial charge in [-0.25, -0.2) is 4.57 Å². The van der Waals surface area contributed by atoms with Gasteiger partial charge in [-0.1, -0.05) is 11.1 Å². The quantitative estimate of drug-likeness (QED) is 0.368. The fraction of sp³-hybridized carbons (Fsp3) is 0.455. The molecule has 1 saturated heterocycles. The van der Waals surface area contributed by atoms with Gasteiger partial charge in [-0.05, 0) is 32.9 Å². The molecule has 1 aliphatic heterocycles. The minimum absolute atomic E-state index is 0.0774. The number of quaternary nitrogens is 1. The van der Waals surface area contributed by atoms with Crippen LogP contribution in [0.1, 0.15) is 35.8 Å². The molecule has 4 rings (SSSR count). The normalized spacial score (nSPS) is 15.1. The van der Waals surface area contributed by atoms with E-state index in [1.54, 1.807) is 16.8 Å². The van der Waals surface area contributed by atoms with Gasteiger partial charge in [0.2, 0.25) is 11.5 Å². The number of aryl methyl sites for hydroxylation is 1. The van der Waals surface area contributed by atoms with Crippen molar-refractivity contribution in [2.45, 2.75) is 26.8 Å². The van der Waals surface area contributed by atoms with Gasteiger partial charge in [-0.15, -0.1) is 0 Å². The summed E-state index contributed by atoms with van der Waals surface area (Å²) in [5.74, 6) is 0.0266. The Kier molecular flexibility index (Phi) is 5.88. The molecule has 1 fully saturated rings. The average Bonchev–Trinajstić information content (AvgIpc) is 2.75. The van der Waals surface area contributed by atoms with E-state index < -0.39 is 0 Å². The van der Waals surface area contributed by atoms with Crippen molar-refractivity contribution in [3.8, 4) is 0 Å². The number of amides is 1. The molecule has 0 saturated carbocycles. The summed E-state index contributed by atoms with van der Waals surface area (Å²) < 4.78 is 8.66. The van der Waals surface area contributed by atoms with Gasteiger partial charge in [-0.3, -0.25) is 14.0 Å². The highest BCUT2D eigenvalue weighted by atomic mass is 16.5. The van der Waals surface area contributed by atoms with Crippen LogP contribution in [-0.2, 0) is 4.74 Å². The molecule has 0 atom stereocenters. The lowest BCUT2D eigenvalue weighted by atomic mass is 10.1. The zero-order valence-corrected chi connectivity index (χ0v) is 18.3. The molecular weight excluding hydrogens is 396 g/mol. The number of nitrogens with zero attached hydrogens (tertiary/aromatic N) is 3. The van der Waals surface area contributed by atoms with Gasteiger partial charge in [-0.2, -0.15) is 0 Å². The minimum atomic E-state index is -0.282. The topological polar surface area (TPSA) is 107 Å². The summed E-state index contributed by atoms with van der Waals surface area (Å²) in [7, 11) is 0. The highest BCUT2D eigenvalue weighted by Gasteiger charge is 2.26. The number of morpholine rings is 1. The second-order valence-electron chi connectivity index (χ2n) is 8.31. The third-order valence-electron chi connectivity index (χ3n) is 5.84. The first-order valence-electron chi connectivity index (χ1n) is 10.7. The van der Waals surface area contributed by atoms with Crippen molar-refractivity contribution in [1.82, 2.24) is 14.7 Å². The van der Waals surface area contributed by atoms with Gasteiger partial charge in [0.25, 0.3) is 17.1 Å². The predicted octanol–water partition coefficient (Wildman–Crippen LogP) is -0.748. The summed E-state index contributed by atoms with van der Waals surface area (Å²) in [6.07, 6.45) is 1.69. The van der Waals surface area contributed by atoms with Crippen LogP contribution in [0.25, 0.3) is 16.7 Å². The van der Waals surface area contributed by atoms with Crippen LogP contribution in [0.15, 0.2) is 29.2 Å². The van der Waals surface area contributed by atoms with Crippen LogP contribution in [0, 0.1) is 6.92 Å². The number of carbonyl (C=O) groups is 1. The molecule has 164 valence electrons. The Labute approximate surface area is 180 Å². The second-order valence-corrected chi connectivity index (χ2v) is 8.31. The zero-order chi connectivity index (χ0) is 22.1. The number of ether oxygens (including phenoxy) is 1. The number of nitrogens with one attached hydrogen (secondary N) is 2. The van der Waals surface area contributed by atoms with Crippen LogP contribution in [0.2, 0.25) is 0 Å². The molecule has 9 nitrogen and oxygen atoms in total. The van der Waals surface area contributed by atoms with E-state index in [4.69, 9.17) is 15.5 Å². The van der Waals surface area contributed by atoms with Crippen molar-refractivity contribution in [1.29, 1.82) is 0 Å². The number of aromatic nitrogens is 3. The van der Waals surface area contributed by atoms with E-state index in [1.165, 1.54) is 9.30 Å². The number of hydrogen-bond acceptors (Lipinski definition) is 5. The molecule has 1 amide bonds. The Balaban J connectivity index is 1.74. The number of anilines is 1. The van der Waals surface area contributed by atoms with E-state index in [-0.39, 0.29) is 17.5 Å². The summed E-state index contributed by atoms with van der Waals surface area (Å²) in [6.45, 7) is 10.6. The van der Waals surface area contributed by atoms with E-state index >= 15 is 0 Å². The third kappa shape index (κ3) is 3.98. The van der Waals surface area contributed by atoms with Gasteiger partial charge in [0.1, 0.15) is 24.0 Å². The Bertz CT molecular complexity index is 1200. The molecular formula is C22H30N6O3+2. The van der Waals surface area contributed by atoms with Gasteiger partial charge in [0.15, 0.2) is 0 Å². The minimum Gasteiger partial charge on any atom is -0.370 e. The molecule has 0 aliphatic carbocycles. The average molecular weight is 427 g/mol. The second kappa shape index (κ2) is 8.60. The van der Waals surface area contributed by atoms with Crippen LogP contribution in [-0.4, -0.2) is 54.7 Å². The Morgan fingerprint density at radius 2 is 2.13 bits per heavy atom. The molecule has 4 heterocycles. The van der Waals surface area contributed by atoms with Gasteiger partial charge >= 0.3 is 0 Å². The summed E-state index contributed by atoms with van der Waals surface area (Å²) in [5, 5.41) is 3.33. The molecule has 9 heteroatoms. The largest absolute Gasteiger partial charge is 0.370 e. The van der Waals surface area contributed by atoms with Crippen LogP contribution in [0.5, 0.6) is 0 Å². The number of pyridine rings is 2. The summed E-state index contributed by atoms with van der Waals surface area (Å²) >= 11 is 0. The van der Waals surface area contributed by atoms with Crippen molar-refractivity contribution in [3.05, 3.63) is 45.9 Å². The van der Waals surface area contributed by atoms with Crippen LogP contribution >= 0.6 is 0 Å². The van der Waals surface area contributed by atoms with E-state index in [9.17, 15) is 9.59 Å². The summed E-state index contributed by atoms with van der Waals surface area (Å²) in [5.41, 5.74) is 8.47. The lowest BCUT2D eigenvalue weighted by Crippen LogP contribution is -3.14. The lowest BCUT2D eigenvalue weighted by Gasteiger charge is -2.23. The fourth-order valence-electron chi connectivity index (χ4n) is 4.14. The van der Waals surface area contributed by atoms with Gasteiger partial charge < -0.3 is 20.7 Å². The Hall–Kier alpha value is -3.04. The molecule has 3 aromatic heterocycles. The van der Waals surface area contributed by atoms with Crippen molar-refractivity contribution < 1.29 is 19.0 Å². The Morgan fingerprint density at radius 3 is 2.84 bits per heavy atom. The number of fused-ring (bicyclic) bond motifs is 2. The number of nitrogens with two attached hydrogens (primary N) is 1. The van der Waals surface area contributed by atoms with Crippen molar-refractivity contribution in [3.63, 3.8) is 0 Å². The first-order valence-corrected chi connectivity index (χ1v) is 10.7. The summed E-state index contributed by atoms with van der Waals surface area (Å²) in [6, 6.07) is 5.22. The van der Waals surface area contributed by atoms with E-state index in [0.717, 1.165) is 38.4 Å². The molecule has 0 unspecified atom stereocenters. The maximum absolute atomic E-state index is 13.2. The Morgan fingerprint density at radius 1 is 1.39 bits per heavy atom. The van der Waals surface area contributed by atoms with Crippen LogP contribution < -0.4 is 26.1 Å². The molecule has 0 aromatic carbocycles. The first-order chi connectivity index (χ1) is 14.9. The van der Waals surface area contributed by atoms with Crippen LogP contribution in [0.4, 0.5) is 5.82 Å². The number of nitrogen functional groups attached to an aromatic ring is 1. The maximum atomic E-state index is 13.2. The SMILES string of the molecule is Cc1cccn2c(=O)c3cc(C(=O)NCC[NH+]4CCOCC4)c(N)[n+](C(C)C)c3nc12. The van der Waals surface area contributed by atoms with E-state index in [0.29, 0.717) is 34.6 Å². The molecule has 0 radical (unpaired) electrons. The third-order valence-corrected chi connectivity index (χ3v) is 5.84. The smallest absolute Gasteiger partial charge is 0.278 e. The molecule has 4 N–H and O–H groups in total. The monoisotopic (exact) mass is 426 g/mol. The van der Waals surface area contributed by atoms with Crippen LogP contribution in [0.3, 0.4) is 0 Å². The van der Waals surface area contributed by atoms with Crippen molar-refractivity contribution in [2.75, 3.05) is 45.1 Å². The van der Waals surface area contributed by atoms with Gasteiger partial charge in [0.05, 0.1) is 32.3 Å². The maximum Gasteiger partial charge on any atom is 0.278 e. The standard InChI is InChI=1S/C22H28N6O3/c1-14(2)28-18(23)16(21(29)24-6-8-26-9-11-31-12-10-26)13-17-20(28)25-19-15(3)5-4-7-27(19)22(17)30/h4-5,7,13-14,23H,6,8-12H2,1-3H3,(H,24,29)/p+2. The number of hydrogen-bond donors (Lipinski definition) is 3. The highest BCUT2D eigenvalue weighted by Crippen LogP contribution is 2.17.